The van der Waals surface area contributed by atoms with Crippen LogP contribution in [-0.2, 0) is 17.8 Å². The Morgan fingerprint density at radius 2 is 1.83 bits per heavy atom. The van der Waals surface area contributed by atoms with Crippen molar-refractivity contribution in [2.24, 2.45) is 0 Å². The van der Waals surface area contributed by atoms with Crippen LogP contribution in [0.25, 0.3) is 0 Å². The average Bonchev–Trinajstić information content (AvgIpc) is 3.06. The lowest BCUT2D eigenvalue weighted by Crippen LogP contribution is -2.21. The molecule has 4 nitrogen and oxygen atoms in total. The molecule has 1 atom stereocenters. The molecule has 1 unspecified atom stereocenters. The van der Waals surface area contributed by atoms with E-state index in [1.165, 1.54) is 15.4 Å². The van der Waals surface area contributed by atoms with Gasteiger partial charge in [0.1, 0.15) is 6.54 Å². The van der Waals surface area contributed by atoms with E-state index in [1.54, 1.807) is 11.8 Å². The summed E-state index contributed by atoms with van der Waals surface area (Å²) in [6.07, 6.45) is 8.62. The molecule has 0 aliphatic carbocycles. The number of hydrogen-bond donors (Lipinski definition) is 2. The average molecular weight is 417 g/mol. The van der Waals surface area contributed by atoms with Gasteiger partial charge >= 0.3 is 5.97 Å². The van der Waals surface area contributed by atoms with E-state index in [2.05, 4.69) is 53.9 Å². The Labute approximate surface area is 180 Å². The summed E-state index contributed by atoms with van der Waals surface area (Å²) in [4.78, 5) is 13.9. The molecular formula is C25H24N2O2S. The molecule has 2 heterocycles. The number of hydrogen-bond acceptors (Lipinski definition) is 3. The summed E-state index contributed by atoms with van der Waals surface area (Å²) in [5.74, 6) is -0.836. The SMILES string of the molecule is Cc1c(Cc2ccccc2Sc2ccccc2)cc(C2C=CC=CN2)n1CC(=O)O. The van der Waals surface area contributed by atoms with Crippen molar-refractivity contribution in [3.05, 3.63) is 108 Å². The van der Waals surface area contributed by atoms with Crippen LogP contribution >= 0.6 is 11.8 Å². The summed E-state index contributed by atoms with van der Waals surface area (Å²) in [6, 6.07) is 20.9. The van der Waals surface area contributed by atoms with Crippen molar-refractivity contribution < 1.29 is 9.90 Å². The Kier molecular flexibility index (Phi) is 6.10. The van der Waals surface area contributed by atoms with Gasteiger partial charge in [-0.1, -0.05) is 60.3 Å². The highest BCUT2D eigenvalue weighted by Gasteiger charge is 2.20. The second kappa shape index (κ2) is 9.09. The van der Waals surface area contributed by atoms with Crippen LogP contribution in [0.2, 0.25) is 0 Å². The molecule has 0 fully saturated rings. The summed E-state index contributed by atoms with van der Waals surface area (Å²) in [7, 11) is 0. The van der Waals surface area contributed by atoms with Crippen molar-refractivity contribution in [2.45, 2.75) is 35.7 Å². The van der Waals surface area contributed by atoms with Crippen LogP contribution < -0.4 is 5.32 Å². The van der Waals surface area contributed by atoms with Crippen molar-refractivity contribution in [1.82, 2.24) is 9.88 Å². The largest absolute Gasteiger partial charge is 0.480 e. The van der Waals surface area contributed by atoms with Crippen molar-refractivity contribution in [3.63, 3.8) is 0 Å². The smallest absolute Gasteiger partial charge is 0.323 e. The zero-order valence-corrected chi connectivity index (χ0v) is 17.6. The monoisotopic (exact) mass is 416 g/mol. The normalized spacial score (nSPS) is 15.2. The minimum Gasteiger partial charge on any atom is -0.480 e. The van der Waals surface area contributed by atoms with Gasteiger partial charge in [-0.25, -0.2) is 0 Å². The highest BCUT2D eigenvalue weighted by Crippen LogP contribution is 2.33. The fraction of sp³-hybridized carbons (Fsp3) is 0.160. The van der Waals surface area contributed by atoms with E-state index in [-0.39, 0.29) is 12.6 Å². The number of dihydropyridines is 1. The second-order valence-electron chi connectivity index (χ2n) is 7.25. The summed E-state index contributed by atoms with van der Waals surface area (Å²) in [5, 5.41) is 12.8. The maximum absolute atomic E-state index is 11.5. The zero-order valence-electron chi connectivity index (χ0n) is 16.8. The second-order valence-corrected chi connectivity index (χ2v) is 8.36. The maximum atomic E-state index is 11.5. The lowest BCUT2D eigenvalue weighted by Gasteiger charge is -2.18. The minimum absolute atomic E-state index is 0.0317. The molecule has 30 heavy (non-hydrogen) atoms. The van der Waals surface area contributed by atoms with Crippen LogP contribution in [0, 0.1) is 6.92 Å². The van der Waals surface area contributed by atoms with Gasteiger partial charge in [0.05, 0.1) is 6.04 Å². The van der Waals surface area contributed by atoms with Crippen molar-refractivity contribution >= 4 is 17.7 Å². The first-order chi connectivity index (χ1) is 14.6. The van der Waals surface area contributed by atoms with E-state index < -0.39 is 5.97 Å². The minimum atomic E-state index is -0.836. The van der Waals surface area contributed by atoms with Crippen LogP contribution in [0.15, 0.2) is 94.9 Å². The number of aromatic nitrogens is 1. The third-order valence-corrected chi connectivity index (χ3v) is 6.35. The molecule has 2 aromatic carbocycles. The first-order valence-corrected chi connectivity index (χ1v) is 10.7. The third-order valence-electron chi connectivity index (χ3n) is 5.23. The molecule has 2 N–H and O–H groups in total. The first kappa shape index (κ1) is 20.1. The number of benzene rings is 2. The van der Waals surface area contributed by atoms with Crippen molar-refractivity contribution in [2.75, 3.05) is 0 Å². The molecule has 0 saturated carbocycles. The van der Waals surface area contributed by atoms with Crippen molar-refractivity contribution in [1.29, 1.82) is 0 Å². The number of carbonyl (C=O) groups is 1. The van der Waals surface area contributed by atoms with Gasteiger partial charge in [0.15, 0.2) is 0 Å². The van der Waals surface area contributed by atoms with Crippen LogP contribution in [0.1, 0.15) is 28.6 Å². The molecule has 1 aliphatic heterocycles. The lowest BCUT2D eigenvalue weighted by molar-refractivity contribution is -0.137. The number of rotatable bonds is 7. The lowest BCUT2D eigenvalue weighted by atomic mass is 10.0. The molecular weight excluding hydrogens is 392 g/mol. The standard InChI is InChI=1S/C25H24N2O2S/c1-18-20(16-23(27(18)17-25(28)29)22-12-7-8-14-26-22)15-19-9-5-6-13-24(19)30-21-10-3-2-4-11-21/h2-14,16,22,26H,15,17H2,1H3,(H,28,29). The summed E-state index contributed by atoms with van der Waals surface area (Å²) >= 11 is 1.76. The van der Waals surface area contributed by atoms with Crippen LogP contribution in [0.4, 0.5) is 0 Å². The Morgan fingerprint density at radius 3 is 2.57 bits per heavy atom. The van der Waals surface area contributed by atoms with Crippen molar-refractivity contribution in [3.8, 4) is 0 Å². The quantitative estimate of drug-likeness (QED) is 0.546. The Morgan fingerprint density at radius 1 is 1.07 bits per heavy atom. The molecule has 5 heteroatoms. The molecule has 0 radical (unpaired) electrons. The van der Waals surface area contributed by atoms with Crippen LogP contribution in [0.5, 0.6) is 0 Å². The van der Waals surface area contributed by atoms with Gasteiger partial charge in [0.2, 0.25) is 0 Å². The van der Waals surface area contributed by atoms with Crippen LogP contribution in [0.3, 0.4) is 0 Å². The molecule has 0 saturated heterocycles. The van der Waals surface area contributed by atoms with E-state index in [1.807, 2.05) is 48.0 Å². The molecule has 4 rings (SSSR count). The van der Waals surface area contributed by atoms with E-state index in [0.717, 1.165) is 23.4 Å². The van der Waals surface area contributed by atoms with Gasteiger partial charge in [-0.05, 0) is 54.6 Å². The summed E-state index contributed by atoms with van der Waals surface area (Å²) in [6.45, 7) is 1.97. The van der Waals surface area contributed by atoms with Gasteiger partial charge in [-0.3, -0.25) is 4.79 Å². The summed E-state index contributed by atoms with van der Waals surface area (Å²) in [5.41, 5.74) is 4.35. The Balaban J connectivity index is 1.67. The zero-order chi connectivity index (χ0) is 20.9. The number of nitrogens with one attached hydrogen (secondary N) is 1. The predicted molar refractivity (Wildman–Crippen MR) is 121 cm³/mol. The van der Waals surface area contributed by atoms with Gasteiger partial charge in [0, 0.05) is 27.6 Å². The molecule has 1 aliphatic rings. The van der Waals surface area contributed by atoms with Crippen LogP contribution in [-0.4, -0.2) is 15.6 Å². The van der Waals surface area contributed by atoms with Gasteiger partial charge < -0.3 is 15.0 Å². The Hall–Kier alpha value is -3.18. The predicted octanol–water partition coefficient (Wildman–Crippen LogP) is 5.34. The fourth-order valence-corrected chi connectivity index (χ4v) is 4.67. The third kappa shape index (κ3) is 4.52. The topological polar surface area (TPSA) is 54.3 Å². The number of aliphatic carboxylic acids is 1. The van der Waals surface area contributed by atoms with Gasteiger partial charge in [0.25, 0.3) is 0 Å². The molecule has 0 spiro atoms. The molecule has 1 aromatic heterocycles. The van der Waals surface area contributed by atoms with Gasteiger partial charge in [-0.15, -0.1) is 0 Å². The molecule has 0 bridgehead atoms. The van der Waals surface area contributed by atoms with E-state index in [9.17, 15) is 9.90 Å². The maximum Gasteiger partial charge on any atom is 0.323 e. The fourth-order valence-electron chi connectivity index (χ4n) is 3.71. The molecule has 152 valence electrons. The highest BCUT2D eigenvalue weighted by molar-refractivity contribution is 7.99. The Bertz CT molecular complexity index is 1100. The first-order valence-electron chi connectivity index (χ1n) is 9.92. The number of allylic oxidation sites excluding steroid dienone is 2. The number of nitrogens with zero attached hydrogens (tertiary/aromatic N) is 1. The van der Waals surface area contributed by atoms with E-state index in [4.69, 9.17) is 0 Å². The molecule has 3 aromatic rings. The van der Waals surface area contributed by atoms with E-state index >= 15 is 0 Å². The van der Waals surface area contributed by atoms with Gasteiger partial charge in [-0.2, -0.15) is 0 Å². The molecule has 0 amide bonds. The van der Waals surface area contributed by atoms with E-state index in [0.29, 0.717) is 0 Å². The summed E-state index contributed by atoms with van der Waals surface area (Å²) < 4.78 is 1.91. The number of carboxylic acids is 1. The number of carboxylic acid groups (broad SMARTS) is 1. The highest BCUT2D eigenvalue weighted by atomic mass is 32.2.